The number of carbonyl (C=O) groups is 1. The first kappa shape index (κ1) is 13.9. The Kier molecular flexibility index (Phi) is 4.38. The predicted octanol–water partition coefficient (Wildman–Crippen LogP) is 4.08. The summed E-state index contributed by atoms with van der Waals surface area (Å²) in [4.78, 5) is 16.0. The molecule has 100 valence electrons. The van der Waals surface area contributed by atoms with E-state index < -0.39 is 0 Å². The van der Waals surface area contributed by atoms with E-state index in [1.165, 1.54) is 24.2 Å². The Morgan fingerprint density at radius 1 is 1.39 bits per heavy atom. The molecule has 1 aliphatic heterocycles. The lowest BCUT2D eigenvalue weighted by Gasteiger charge is -2.40. The standard InChI is InChI=1S/C14H21NOS2/c1-3-14(4-2)5-7-15(8-6-14)13(16)12-9-11(17)10-18-12/h9-10,17H,3-8H2,1-2H3. The molecule has 2 rings (SSSR count). The van der Waals surface area contributed by atoms with Crippen molar-refractivity contribution in [1.82, 2.24) is 4.90 Å². The van der Waals surface area contributed by atoms with Crippen LogP contribution in [0, 0.1) is 5.41 Å². The molecule has 0 bridgehead atoms. The van der Waals surface area contributed by atoms with E-state index in [1.807, 2.05) is 16.3 Å². The molecule has 1 aromatic rings. The van der Waals surface area contributed by atoms with Crippen LogP contribution in [-0.2, 0) is 0 Å². The second-order valence-corrected chi connectivity index (χ2v) is 6.60. The molecule has 1 amide bonds. The SMILES string of the molecule is CCC1(CC)CCN(C(=O)c2cc(S)cs2)CC1. The average Bonchev–Trinajstić information content (AvgIpc) is 2.85. The van der Waals surface area contributed by atoms with Crippen LogP contribution >= 0.6 is 24.0 Å². The first-order valence-electron chi connectivity index (χ1n) is 6.67. The number of nitrogens with zero attached hydrogens (tertiary/aromatic N) is 1. The van der Waals surface area contributed by atoms with Crippen molar-refractivity contribution < 1.29 is 4.79 Å². The highest BCUT2D eigenvalue weighted by molar-refractivity contribution is 7.80. The number of piperidine rings is 1. The molecular formula is C14H21NOS2. The number of rotatable bonds is 3. The molecule has 2 heterocycles. The minimum Gasteiger partial charge on any atom is -0.338 e. The largest absolute Gasteiger partial charge is 0.338 e. The quantitative estimate of drug-likeness (QED) is 0.829. The molecule has 0 spiro atoms. The van der Waals surface area contributed by atoms with E-state index in [9.17, 15) is 4.79 Å². The van der Waals surface area contributed by atoms with Gasteiger partial charge in [0.1, 0.15) is 0 Å². The highest BCUT2D eigenvalue weighted by Gasteiger charge is 2.33. The van der Waals surface area contributed by atoms with Gasteiger partial charge in [0, 0.05) is 23.4 Å². The van der Waals surface area contributed by atoms with Gasteiger partial charge in [0.2, 0.25) is 0 Å². The molecule has 0 unspecified atom stereocenters. The second kappa shape index (κ2) is 5.66. The fourth-order valence-corrected chi connectivity index (χ4v) is 3.85. The normalized spacial score (nSPS) is 18.9. The Hall–Kier alpha value is -0.480. The molecule has 1 saturated heterocycles. The van der Waals surface area contributed by atoms with Crippen LogP contribution in [0.3, 0.4) is 0 Å². The van der Waals surface area contributed by atoms with Crippen molar-refractivity contribution in [2.45, 2.75) is 44.4 Å². The van der Waals surface area contributed by atoms with Gasteiger partial charge in [-0.2, -0.15) is 0 Å². The zero-order valence-corrected chi connectivity index (χ0v) is 12.8. The molecule has 0 saturated carbocycles. The lowest BCUT2D eigenvalue weighted by Crippen LogP contribution is -2.42. The summed E-state index contributed by atoms with van der Waals surface area (Å²) < 4.78 is 0. The molecule has 0 radical (unpaired) electrons. The second-order valence-electron chi connectivity index (χ2n) is 5.17. The van der Waals surface area contributed by atoms with E-state index in [4.69, 9.17) is 0 Å². The van der Waals surface area contributed by atoms with Gasteiger partial charge < -0.3 is 4.90 Å². The van der Waals surface area contributed by atoms with Crippen LogP contribution in [0.2, 0.25) is 0 Å². The van der Waals surface area contributed by atoms with E-state index in [0.29, 0.717) is 5.41 Å². The van der Waals surface area contributed by atoms with Crippen LogP contribution in [0.4, 0.5) is 0 Å². The van der Waals surface area contributed by atoms with Gasteiger partial charge in [0.25, 0.3) is 5.91 Å². The summed E-state index contributed by atoms with van der Waals surface area (Å²) in [6.07, 6.45) is 4.74. The molecule has 0 aliphatic carbocycles. The molecule has 0 N–H and O–H groups in total. The average molecular weight is 283 g/mol. The molecule has 1 aliphatic rings. The third-order valence-electron chi connectivity index (χ3n) is 4.41. The number of thiol groups is 1. The van der Waals surface area contributed by atoms with Gasteiger partial charge in [-0.3, -0.25) is 4.79 Å². The van der Waals surface area contributed by atoms with Crippen molar-refractivity contribution in [3.63, 3.8) is 0 Å². The van der Waals surface area contributed by atoms with Crippen molar-refractivity contribution in [2.24, 2.45) is 5.41 Å². The zero-order chi connectivity index (χ0) is 13.2. The summed E-state index contributed by atoms with van der Waals surface area (Å²) in [7, 11) is 0. The van der Waals surface area contributed by atoms with Crippen molar-refractivity contribution in [1.29, 1.82) is 0 Å². The Labute approximate surface area is 119 Å². The summed E-state index contributed by atoms with van der Waals surface area (Å²) in [5.41, 5.74) is 0.473. The molecule has 0 aromatic carbocycles. The van der Waals surface area contributed by atoms with E-state index >= 15 is 0 Å². The first-order valence-corrected chi connectivity index (χ1v) is 7.99. The number of hydrogen-bond donors (Lipinski definition) is 1. The van der Waals surface area contributed by atoms with Crippen LogP contribution in [0.25, 0.3) is 0 Å². The summed E-state index contributed by atoms with van der Waals surface area (Å²) in [6, 6.07) is 1.87. The highest BCUT2D eigenvalue weighted by Crippen LogP contribution is 2.38. The third-order valence-corrected chi connectivity index (χ3v) is 5.76. The first-order chi connectivity index (χ1) is 8.60. The summed E-state index contributed by atoms with van der Waals surface area (Å²) >= 11 is 5.76. The Bertz CT molecular complexity index is 413. The van der Waals surface area contributed by atoms with Gasteiger partial charge in [0.05, 0.1) is 4.88 Å². The van der Waals surface area contributed by atoms with E-state index in [0.717, 1.165) is 35.7 Å². The molecule has 1 fully saturated rings. The van der Waals surface area contributed by atoms with Gasteiger partial charge in [-0.15, -0.1) is 24.0 Å². The molecule has 2 nitrogen and oxygen atoms in total. The molecule has 4 heteroatoms. The van der Waals surface area contributed by atoms with Gasteiger partial charge in [-0.05, 0) is 24.3 Å². The smallest absolute Gasteiger partial charge is 0.263 e. The molecule has 18 heavy (non-hydrogen) atoms. The zero-order valence-electron chi connectivity index (χ0n) is 11.1. The lowest BCUT2D eigenvalue weighted by atomic mass is 9.74. The fourth-order valence-electron chi connectivity index (χ4n) is 2.74. The van der Waals surface area contributed by atoms with E-state index in [2.05, 4.69) is 26.5 Å². The Morgan fingerprint density at radius 2 is 2.00 bits per heavy atom. The topological polar surface area (TPSA) is 20.3 Å². The number of hydrogen-bond acceptors (Lipinski definition) is 3. The van der Waals surface area contributed by atoms with Crippen LogP contribution in [0.1, 0.15) is 49.2 Å². The summed E-state index contributed by atoms with van der Waals surface area (Å²) in [5, 5.41) is 1.92. The summed E-state index contributed by atoms with van der Waals surface area (Å²) in [5.74, 6) is 0.182. The maximum absolute atomic E-state index is 12.3. The fraction of sp³-hybridized carbons (Fsp3) is 0.643. The van der Waals surface area contributed by atoms with Crippen molar-refractivity contribution in [2.75, 3.05) is 13.1 Å². The number of carbonyl (C=O) groups excluding carboxylic acids is 1. The Morgan fingerprint density at radius 3 is 2.44 bits per heavy atom. The van der Waals surface area contributed by atoms with Gasteiger partial charge in [0.15, 0.2) is 0 Å². The van der Waals surface area contributed by atoms with Crippen LogP contribution in [0.15, 0.2) is 16.3 Å². The summed E-state index contributed by atoms with van der Waals surface area (Å²) in [6.45, 7) is 6.35. The molecular weight excluding hydrogens is 262 g/mol. The maximum atomic E-state index is 12.3. The van der Waals surface area contributed by atoms with Crippen LogP contribution in [-0.4, -0.2) is 23.9 Å². The van der Waals surface area contributed by atoms with Crippen molar-refractivity contribution in [3.8, 4) is 0 Å². The molecule has 0 atom stereocenters. The monoisotopic (exact) mass is 283 g/mol. The maximum Gasteiger partial charge on any atom is 0.263 e. The number of thiophene rings is 1. The van der Waals surface area contributed by atoms with Crippen molar-refractivity contribution >= 4 is 29.9 Å². The van der Waals surface area contributed by atoms with Gasteiger partial charge in [-0.1, -0.05) is 26.7 Å². The Balaban J connectivity index is 1.99. The van der Waals surface area contributed by atoms with Gasteiger partial charge in [-0.25, -0.2) is 0 Å². The predicted molar refractivity (Wildman–Crippen MR) is 79.7 cm³/mol. The minimum absolute atomic E-state index is 0.182. The number of amides is 1. The van der Waals surface area contributed by atoms with E-state index in [1.54, 1.807) is 0 Å². The van der Waals surface area contributed by atoms with Crippen LogP contribution in [0.5, 0.6) is 0 Å². The van der Waals surface area contributed by atoms with E-state index in [-0.39, 0.29) is 5.91 Å². The molecule has 1 aromatic heterocycles. The highest BCUT2D eigenvalue weighted by atomic mass is 32.1. The third kappa shape index (κ3) is 2.75. The van der Waals surface area contributed by atoms with Crippen molar-refractivity contribution in [3.05, 3.63) is 16.3 Å². The number of likely N-dealkylation sites (tertiary alicyclic amines) is 1. The lowest BCUT2D eigenvalue weighted by molar-refractivity contribution is 0.0562. The van der Waals surface area contributed by atoms with Crippen LogP contribution < -0.4 is 0 Å². The van der Waals surface area contributed by atoms with Gasteiger partial charge >= 0.3 is 0 Å². The minimum atomic E-state index is 0.182.